The largest absolute Gasteiger partial charge is 0.332 e. The van der Waals surface area contributed by atoms with Crippen LogP contribution in [-0.2, 0) is 9.59 Å². The van der Waals surface area contributed by atoms with E-state index in [9.17, 15) is 19.2 Å². The van der Waals surface area contributed by atoms with Gasteiger partial charge in [0.25, 0.3) is 5.91 Å². The van der Waals surface area contributed by atoms with Gasteiger partial charge >= 0.3 is 12.1 Å². The van der Waals surface area contributed by atoms with Crippen LogP contribution in [0.5, 0.6) is 0 Å². The molecule has 40 heavy (non-hydrogen) atoms. The molecule has 0 aromatic carbocycles. The Hall–Kier alpha value is -2.46. The van der Waals surface area contributed by atoms with E-state index >= 15 is 0 Å². The maximum absolute atomic E-state index is 13.5. The average molecular weight is 559 g/mol. The monoisotopic (exact) mass is 558 g/mol. The first-order valence-corrected chi connectivity index (χ1v) is 14.6. The number of nitrogens with one attached hydrogen (secondary N) is 2. The summed E-state index contributed by atoms with van der Waals surface area (Å²) in [6.07, 6.45) is 6.86. The minimum absolute atomic E-state index is 0.156. The van der Waals surface area contributed by atoms with E-state index in [1.807, 2.05) is 6.08 Å². The molecule has 0 aromatic rings. The summed E-state index contributed by atoms with van der Waals surface area (Å²) in [6.45, 7) is 17.5. The SMILES string of the molecule is CN1C(C)(C)CC2(CC(=O)N(CC/C=C/CN3C(=O)NC4(CC(C)(C)N(C)C(C)(C)C4)C3=O)C(=O)N2)CC1(C)C. The molecule has 4 aliphatic heterocycles. The number of amides is 6. The minimum Gasteiger partial charge on any atom is -0.332 e. The van der Waals surface area contributed by atoms with Crippen LogP contribution in [0.3, 0.4) is 0 Å². The zero-order valence-electron chi connectivity index (χ0n) is 26.2. The van der Waals surface area contributed by atoms with Crippen molar-refractivity contribution in [3.63, 3.8) is 0 Å². The predicted octanol–water partition coefficient (Wildman–Crippen LogP) is 3.47. The van der Waals surface area contributed by atoms with Crippen LogP contribution in [0.4, 0.5) is 9.59 Å². The lowest BCUT2D eigenvalue weighted by atomic mass is 9.67. The van der Waals surface area contributed by atoms with E-state index < -0.39 is 11.1 Å². The van der Waals surface area contributed by atoms with Crippen molar-refractivity contribution in [1.29, 1.82) is 0 Å². The van der Waals surface area contributed by atoms with Crippen molar-refractivity contribution in [3.8, 4) is 0 Å². The maximum atomic E-state index is 13.5. The fraction of sp³-hybridized carbons (Fsp3) is 0.800. The molecule has 10 heteroatoms. The third-order valence-corrected chi connectivity index (χ3v) is 10.3. The van der Waals surface area contributed by atoms with E-state index in [0.29, 0.717) is 32.1 Å². The van der Waals surface area contributed by atoms with Crippen LogP contribution in [-0.4, -0.2) is 104 Å². The van der Waals surface area contributed by atoms with Gasteiger partial charge in [0.05, 0.1) is 12.0 Å². The molecule has 2 N–H and O–H groups in total. The fourth-order valence-electron chi connectivity index (χ4n) is 8.23. The molecule has 0 radical (unpaired) electrons. The smallest absolute Gasteiger partial charge is 0.325 e. The summed E-state index contributed by atoms with van der Waals surface area (Å²) in [4.78, 5) is 59.8. The highest BCUT2D eigenvalue weighted by atomic mass is 16.2. The lowest BCUT2D eigenvalue weighted by Crippen LogP contribution is -2.72. The number of urea groups is 2. The van der Waals surface area contributed by atoms with E-state index in [-0.39, 0.29) is 65.5 Å². The Balaban J connectivity index is 1.34. The van der Waals surface area contributed by atoms with Gasteiger partial charge in [-0.1, -0.05) is 12.2 Å². The highest BCUT2D eigenvalue weighted by Gasteiger charge is 2.60. The summed E-state index contributed by atoms with van der Waals surface area (Å²) in [7, 11) is 4.17. The number of rotatable bonds is 5. The zero-order chi connectivity index (χ0) is 30.1. The Bertz CT molecular complexity index is 1070. The number of piperidine rings is 2. The van der Waals surface area contributed by atoms with Crippen molar-refractivity contribution in [1.82, 2.24) is 30.2 Å². The highest BCUT2D eigenvalue weighted by Crippen LogP contribution is 2.46. The zero-order valence-corrected chi connectivity index (χ0v) is 26.2. The normalized spacial score (nSPS) is 28.9. The van der Waals surface area contributed by atoms with Gasteiger partial charge < -0.3 is 10.6 Å². The van der Waals surface area contributed by atoms with Crippen molar-refractivity contribution in [3.05, 3.63) is 12.2 Å². The van der Waals surface area contributed by atoms with Gasteiger partial charge in [0.2, 0.25) is 5.91 Å². The molecular formula is C30H50N6O4. The average Bonchev–Trinajstić information content (AvgIpc) is 2.99. The summed E-state index contributed by atoms with van der Waals surface area (Å²) in [5, 5.41) is 6.21. The number of imide groups is 2. The number of carbonyl (C=O) groups is 4. The Labute approximate surface area is 239 Å². The number of hydrogen-bond acceptors (Lipinski definition) is 6. The molecule has 0 unspecified atom stereocenters. The summed E-state index contributed by atoms with van der Waals surface area (Å²) in [5.41, 5.74) is -2.27. The molecule has 2 spiro atoms. The topological polar surface area (TPSA) is 105 Å². The van der Waals surface area contributed by atoms with Crippen molar-refractivity contribution in [2.45, 2.75) is 127 Å². The van der Waals surface area contributed by atoms with Gasteiger partial charge in [-0.3, -0.25) is 29.2 Å². The van der Waals surface area contributed by atoms with Gasteiger partial charge in [0, 0.05) is 35.2 Å². The van der Waals surface area contributed by atoms with Crippen LogP contribution in [0.15, 0.2) is 12.2 Å². The molecule has 0 atom stereocenters. The van der Waals surface area contributed by atoms with Crippen molar-refractivity contribution in [2.24, 2.45) is 0 Å². The molecule has 6 amide bonds. The molecule has 4 saturated heterocycles. The lowest BCUT2D eigenvalue weighted by Gasteiger charge is -2.59. The number of hydrogen-bond donors (Lipinski definition) is 2. The third kappa shape index (κ3) is 5.17. The van der Waals surface area contributed by atoms with Gasteiger partial charge in [-0.2, -0.15) is 0 Å². The van der Waals surface area contributed by atoms with E-state index in [0.717, 1.165) is 0 Å². The molecule has 4 fully saturated rings. The Morgan fingerprint density at radius 1 is 0.675 bits per heavy atom. The van der Waals surface area contributed by atoms with Crippen molar-refractivity contribution >= 4 is 23.9 Å². The Kier molecular flexibility index (Phi) is 7.28. The molecule has 4 rings (SSSR count). The first kappa shape index (κ1) is 30.5. The van der Waals surface area contributed by atoms with E-state index in [1.54, 1.807) is 6.08 Å². The molecule has 0 bridgehead atoms. The quantitative estimate of drug-likeness (QED) is 0.396. The van der Waals surface area contributed by atoms with Crippen LogP contribution < -0.4 is 10.6 Å². The molecule has 4 aliphatic rings. The Morgan fingerprint density at radius 3 is 1.65 bits per heavy atom. The Morgan fingerprint density at radius 2 is 1.15 bits per heavy atom. The molecule has 4 heterocycles. The van der Waals surface area contributed by atoms with Crippen molar-refractivity contribution in [2.75, 3.05) is 27.2 Å². The molecule has 0 aliphatic carbocycles. The van der Waals surface area contributed by atoms with Gasteiger partial charge in [-0.05, 0) is 102 Å². The van der Waals surface area contributed by atoms with Crippen LogP contribution in [0.2, 0.25) is 0 Å². The van der Waals surface area contributed by atoms with Gasteiger partial charge in [0.1, 0.15) is 5.54 Å². The van der Waals surface area contributed by atoms with E-state index in [4.69, 9.17) is 0 Å². The fourth-order valence-corrected chi connectivity index (χ4v) is 8.23. The van der Waals surface area contributed by atoms with Crippen LogP contribution in [0.25, 0.3) is 0 Å². The highest BCUT2D eigenvalue weighted by molar-refractivity contribution is 6.07. The van der Waals surface area contributed by atoms with Crippen molar-refractivity contribution < 1.29 is 19.2 Å². The summed E-state index contributed by atoms with van der Waals surface area (Å²) in [6, 6.07) is -0.713. The van der Waals surface area contributed by atoms with Crippen LogP contribution >= 0.6 is 0 Å². The maximum Gasteiger partial charge on any atom is 0.325 e. The van der Waals surface area contributed by atoms with Gasteiger partial charge in [0.15, 0.2) is 0 Å². The summed E-state index contributed by atoms with van der Waals surface area (Å²) in [5.74, 6) is -0.340. The van der Waals surface area contributed by atoms with E-state index in [2.05, 4.69) is 89.9 Å². The molecule has 224 valence electrons. The molecule has 0 aromatic heterocycles. The number of likely N-dealkylation sites (tertiary alicyclic amines) is 2. The number of carbonyl (C=O) groups excluding carboxylic acids is 4. The molecule has 10 nitrogen and oxygen atoms in total. The second-order valence-corrected chi connectivity index (χ2v) is 15.2. The first-order valence-electron chi connectivity index (χ1n) is 14.6. The number of nitrogens with zero attached hydrogens (tertiary/aromatic N) is 4. The van der Waals surface area contributed by atoms with Gasteiger partial charge in [-0.15, -0.1) is 0 Å². The molecular weight excluding hydrogens is 508 g/mol. The van der Waals surface area contributed by atoms with Crippen LogP contribution in [0, 0.1) is 0 Å². The van der Waals surface area contributed by atoms with Crippen LogP contribution in [0.1, 0.15) is 93.9 Å². The minimum atomic E-state index is -0.907. The lowest BCUT2D eigenvalue weighted by molar-refractivity contribution is -0.139. The molecule has 0 saturated carbocycles. The van der Waals surface area contributed by atoms with Gasteiger partial charge in [-0.25, -0.2) is 9.59 Å². The predicted molar refractivity (Wildman–Crippen MR) is 155 cm³/mol. The second-order valence-electron chi connectivity index (χ2n) is 15.2. The second kappa shape index (κ2) is 9.54. The standard InChI is InChI=1S/C30H50N6O4/c1-25(2)17-29(18-26(3,4)33(25)9)16-21(37)35(23(39)31-29)14-12-11-13-15-36-22(38)30(32-24(36)40)19-27(5,6)34(10)28(7,8)20-30/h11,13H,12,14-20H2,1-10H3,(H,31,39)(H,32,40)/b13-11+. The first-order chi connectivity index (χ1) is 18.2. The summed E-state index contributed by atoms with van der Waals surface area (Å²) < 4.78 is 0. The summed E-state index contributed by atoms with van der Waals surface area (Å²) >= 11 is 0. The van der Waals surface area contributed by atoms with E-state index in [1.165, 1.54) is 9.80 Å². The third-order valence-electron chi connectivity index (χ3n) is 10.3.